The Morgan fingerprint density at radius 1 is 1.09 bits per heavy atom. The average molecular weight is 456 g/mol. The molecule has 1 aliphatic rings. The summed E-state index contributed by atoms with van der Waals surface area (Å²) < 4.78 is 16.2. The maximum atomic E-state index is 14.7. The summed E-state index contributed by atoms with van der Waals surface area (Å²) in [7, 11) is 1.71. The van der Waals surface area contributed by atoms with Gasteiger partial charge in [0.15, 0.2) is 11.6 Å². The number of hydrogen-bond donors (Lipinski definition) is 2. The Bertz CT molecular complexity index is 1300. The van der Waals surface area contributed by atoms with Crippen molar-refractivity contribution in [3.05, 3.63) is 46.9 Å². The lowest BCUT2D eigenvalue weighted by Gasteiger charge is -2.30. The summed E-state index contributed by atoms with van der Waals surface area (Å²) in [5.41, 5.74) is 3.68. The molecule has 168 valence electrons. The molecule has 0 aliphatic carbocycles. The van der Waals surface area contributed by atoms with E-state index in [1.807, 2.05) is 20.8 Å². The summed E-state index contributed by atoms with van der Waals surface area (Å²) >= 11 is 6.65. The minimum Gasteiger partial charge on any atom is -0.504 e. The molecule has 4 aromatic rings. The highest BCUT2D eigenvalue weighted by atomic mass is 35.5. The molecule has 0 saturated carbocycles. The maximum absolute atomic E-state index is 14.7. The van der Waals surface area contributed by atoms with E-state index in [0.29, 0.717) is 21.7 Å². The fourth-order valence-corrected chi connectivity index (χ4v) is 4.36. The molecule has 2 aromatic heterocycles. The van der Waals surface area contributed by atoms with Gasteiger partial charge in [-0.3, -0.25) is 4.68 Å². The Hall–Kier alpha value is -2.90. The lowest BCUT2D eigenvalue weighted by atomic mass is 10.0. The van der Waals surface area contributed by atoms with Crippen molar-refractivity contribution in [3.8, 4) is 17.0 Å². The molecule has 0 spiro atoms. The van der Waals surface area contributed by atoms with Crippen molar-refractivity contribution in [2.75, 3.05) is 31.1 Å². The number of phenolic OH excluding ortho intramolecular Hbond substituents is 1. The van der Waals surface area contributed by atoms with Crippen LogP contribution in [0, 0.1) is 12.7 Å². The van der Waals surface area contributed by atoms with E-state index in [-0.39, 0.29) is 5.52 Å². The molecule has 2 N–H and O–H groups in total. The summed E-state index contributed by atoms with van der Waals surface area (Å²) in [6, 6.07) is 7.53. The van der Waals surface area contributed by atoms with Crippen molar-refractivity contribution in [2.45, 2.75) is 20.8 Å². The van der Waals surface area contributed by atoms with Crippen molar-refractivity contribution in [1.29, 1.82) is 0 Å². The van der Waals surface area contributed by atoms with Crippen LogP contribution in [0.1, 0.15) is 19.4 Å². The molecule has 5 rings (SSSR count). The minimum atomic E-state index is -0.758. The molecule has 0 atom stereocenters. The number of nitrogens with zero attached hydrogens (tertiary/aromatic N) is 4. The van der Waals surface area contributed by atoms with Gasteiger partial charge < -0.3 is 15.3 Å². The fraction of sp³-hybridized carbons (Fsp3) is 0.333. The third-order valence-electron chi connectivity index (χ3n) is 5.62. The Kier molecular flexibility index (Phi) is 6.22. The molecule has 0 radical (unpaired) electrons. The van der Waals surface area contributed by atoms with Gasteiger partial charge >= 0.3 is 0 Å². The van der Waals surface area contributed by atoms with Crippen LogP contribution in [0.15, 0.2) is 30.5 Å². The fourth-order valence-electron chi connectivity index (χ4n) is 4.12. The summed E-state index contributed by atoms with van der Waals surface area (Å²) in [5, 5.41) is 19.9. The van der Waals surface area contributed by atoms with E-state index in [4.69, 9.17) is 16.6 Å². The number of anilines is 1. The van der Waals surface area contributed by atoms with E-state index in [9.17, 15) is 9.50 Å². The van der Waals surface area contributed by atoms with Gasteiger partial charge in [-0.2, -0.15) is 5.10 Å². The lowest BCUT2D eigenvalue weighted by molar-refractivity contribution is 0.437. The van der Waals surface area contributed by atoms with E-state index in [0.717, 1.165) is 48.3 Å². The first kappa shape index (κ1) is 22.3. The number of nitrogens with one attached hydrogen (secondary N) is 1. The van der Waals surface area contributed by atoms with Crippen molar-refractivity contribution in [1.82, 2.24) is 20.1 Å². The standard InChI is InChI=1S/C22H21ClFN5O.C2H6/c1-12-7-14(29-5-3-25-4-6-29)9-15-17(23)10-18(26-20(12)15)16-8-13-11-28(2)27-21(13)19(24)22(16)30;1-2/h7-11,25,30H,3-6H2,1-2H3;1-2H3. The third kappa shape index (κ3) is 3.87. The molecule has 1 aliphatic heterocycles. The second-order valence-corrected chi connectivity index (χ2v) is 8.12. The predicted octanol–water partition coefficient (Wildman–Crippen LogP) is 5.03. The smallest absolute Gasteiger partial charge is 0.193 e. The van der Waals surface area contributed by atoms with Crippen LogP contribution in [0.4, 0.5) is 10.1 Å². The highest BCUT2D eigenvalue weighted by molar-refractivity contribution is 6.35. The van der Waals surface area contributed by atoms with Crippen LogP contribution < -0.4 is 10.2 Å². The van der Waals surface area contributed by atoms with Crippen LogP contribution in [0.25, 0.3) is 33.1 Å². The van der Waals surface area contributed by atoms with Crippen LogP contribution in [0.5, 0.6) is 5.75 Å². The first-order valence-corrected chi connectivity index (χ1v) is 11.2. The predicted molar refractivity (Wildman–Crippen MR) is 129 cm³/mol. The molecule has 1 saturated heterocycles. The van der Waals surface area contributed by atoms with Crippen molar-refractivity contribution < 1.29 is 9.50 Å². The number of aromatic hydroxyl groups is 1. The minimum absolute atomic E-state index is 0.127. The third-order valence-corrected chi connectivity index (χ3v) is 5.94. The van der Waals surface area contributed by atoms with E-state index < -0.39 is 11.6 Å². The summed E-state index contributed by atoms with van der Waals surface area (Å²) in [6.07, 6.45) is 1.70. The zero-order valence-electron chi connectivity index (χ0n) is 18.7. The number of fused-ring (bicyclic) bond motifs is 2. The molecule has 0 amide bonds. The van der Waals surface area contributed by atoms with Crippen LogP contribution in [-0.4, -0.2) is 46.1 Å². The van der Waals surface area contributed by atoms with Gasteiger partial charge in [0.25, 0.3) is 0 Å². The SMILES string of the molecule is CC.Cc1cc(N2CCNCC2)cc2c(Cl)cc(-c3cc4cn(C)nc4c(F)c3O)nc12. The van der Waals surface area contributed by atoms with Gasteiger partial charge in [-0.1, -0.05) is 25.4 Å². The first-order chi connectivity index (χ1) is 15.4. The average Bonchev–Trinajstić information content (AvgIpc) is 3.19. The van der Waals surface area contributed by atoms with E-state index in [2.05, 4.69) is 27.4 Å². The lowest BCUT2D eigenvalue weighted by Crippen LogP contribution is -2.43. The van der Waals surface area contributed by atoms with Gasteiger partial charge in [0.1, 0.15) is 5.52 Å². The van der Waals surface area contributed by atoms with Crippen LogP contribution in [0.2, 0.25) is 5.02 Å². The number of benzene rings is 2. The number of halogens is 2. The maximum Gasteiger partial charge on any atom is 0.193 e. The zero-order chi connectivity index (χ0) is 23.0. The highest BCUT2D eigenvalue weighted by Gasteiger charge is 2.20. The largest absolute Gasteiger partial charge is 0.504 e. The summed E-state index contributed by atoms with van der Waals surface area (Å²) in [6.45, 7) is 9.76. The Labute approximate surface area is 191 Å². The van der Waals surface area contributed by atoms with Crippen LogP contribution >= 0.6 is 11.6 Å². The van der Waals surface area contributed by atoms with Gasteiger partial charge in [0.2, 0.25) is 0 Å². The van der Waals surface area contributed by atoms with Gasteiger partial charge in [0.05, 0.1) is 16.2 Å². The number of hydrogen-bond acceptors (Lipinski definition) is 5. The number of aromatic nitrogens is 3. The Balaban J connectivity index is 0.00000119. The monoisotopic (exact) mass is 455 g/mol. The van der Waals surface area contributed by atoms with Gasteiger partial charge in [0, 0.05) is 61.4 Å². The first-order valence-electron chi connectivity index (χ1n) is 10.8. The molecule has 0 bridgehead atoms. The van der Waals surface area contributed by atoms with Crippen molar-refractivity contribution in [3.63, 3.8) is 0 Å². The summed E-state index contributed by atoms with van der Waals surface area (Å²) in [5.74, 6) is -1.23. The Morgan fingerprint density at radius 3 is 2.53 bits per heavy atom. The molecule has 6 nitrogen and oxygen atoms in total. The zero-order valence-corrected chi connectivity index (χ0v) is 19.5. The highest BCUT2D eigenvalue weighted by Crippen LogP contribution is 2.39. The van der Waals surface area contributed by atoms with Crippen molar-refractivity contribution in [2.24, 2.45) is 7.05 Å². The second kappa shape index (κ2) is 8.92. The number of phenols is 1. The second-order valence-electron chi connectivity index (χ2n) is 7.71. The number of pyridine rings is 1. The molecule has 0 unspecified atom stereocenters. The van der Waals surface area contributed by atoms with Gasteiger partial charge in [-0.05, 0) is 36.8 Å². The van der Waals surface area contributed by atoms with Crippen molar-refractivity contribution >= 4 is 39.1 Å². The molecule has 8 heteroatoms. The Morgan fingerprint density at radius 2 is 1.81 bits per heavy atom. The molecule has 32 heavy (non-hydrogen) atoms. The quantitative estimate of drug-likeness (QED) is 0.443. The van der Waals surface area contributed by atoms with Crippen LogP contribution in [0.3, 0.4) is 0 Å². The number of rotatable bonds is 2. The number of piperazine rings is 1. The topological polar surface area (TPSA) is 66.2 Å². The molecule has 1 fully saturated rings. The van der Waals surface area contributed by atoms with E-state index >= 15 is 0 Å². The van der Waals surface area contributed by atoms with Gasteiger partial charge in [-0.25, -0.2) is 9.37 Å². The molecule has 3 heterocycles. The molecular weight excluding hydrogens is 429 g/mol. The molecular formula is C24H27ClFN5O. The van der Waals surface area contributed by atoms with Crippen LogP contribution in [-0.2, 0) is 7.05 Å². The van der Waals surface area contributed by atoms with Gasteiger partial charge in [-0.15, -0.1) is 0 Å². The number of aryl methyl sites for hydroxylation is 2. The van der Waals surface area contributed by atoms with E-state index in [1.54, 1.807) is 25.4 Å². The summed E-state index contributed by atoms with van der Waals surface area (Å²) in [4.78, 5) is 7.06. The van der Waals surface area contributed by atoms with E-state index in [1.165, 1.54) is 4.68 Å². The molecule has 2 aromatic carbocycles. The normalized spacial score (nSPS) is 14.0.